The van der Waals surface area contributed by atoms with E-state index in [1.807, 2.05) is 0 Å². The Labute approximate surface area is 252 Å². The highest BCUT2D eigenvalue weighted by molar-refractivity contribution is 6.33. The Morgan fingerprint density at radius 3 is 2.26 bits per heavy atom. The SMILES string of the molecule is O=C(O)C(F)(F)F.O=C(OCCc1ccc(C2CCNCC2OCc2ccc3ccccc3c2)cc1)c1ccccc1Cl. The number of fused-ring (bicyclic) bond motifs is 1. The molecule has 226 valence electrons. The van der Waals surface area contributed by atoms with Crippen LogP contribution in [0.4, 0.5) is 13.2 Å². The molecule has 2 atom stereocenters. The lowest BCUT2D eigenvalue weighted by atomic mass is 9.87. The summed E-state index contributed by atoms with van der Waals surface area (Å²) in [5.41, 5.74) is 4.01. The molecule has 4 aromatic rings. The Hall–Kier alpha value is -3.92. The minimum absolute atomic E-state index is 0.118. The van der Waals surface area contributed by atoms with Crippen molar-refractivity contribution in [2.24, 2.45) is 0 Å². The quantitative estimate of drug-likeness (QED) is 0.205. The maximum absolute atomic E-state index is 12.3. The molecule has 1 heterocycles. The summed E-state index contributed by atoms with van der Waals surface area (Å²) in [5.74, 6) is -2.80. The van der Waals surface area contributed by atoms with Gasteiger partial charge >= 0.3 is 18.1 Å². The smallest absolute Gasteiger partial charge is 0.475 e. The molecule has 0 saturated carbocycles. The first-order valence-corrected chi connectivity index (χ1v) is 14.1. The molecule has 0 aliphatic carbocycles. The van der Waals surface area contributed by atoms with Gasteiger partial charge in [0.1, 0.15) is 0 Å². The fourth-order valence-electron chi connectivity index (χ4n) is 4.82. The lowest BCUT2D eigenvalue weighted by Gasteiger charge is -2.32. The number of carboxylic acid groups (broad SMARTS) is 1. The predicted octanol–water partition coefficient (Wildman–Crippen LogP) is 7.19. The number of carbonyl (C=O) groups is 2. The maximum atomic E-state index is 12.3. The number of carbonyl (C=O) groups excluding carboxylic acids is 1. The highest BCUT2D eigenvalue weighted by atomic mass is 35.5. The predicted molar refractivity (Wildman–Crippen MR) is 158 cm³/mol. The molecule has 10 heteroatoms. The molecule has 1 saturated heterocycles. The topological polar surface area (TPSA) is 84.9 Å². The van der Waals surface area contributed by atoms with Crippen LogP contribution in [0, 0.1) is 0 Å². The van der Waals surface area contributed by atoms with Crippen molar-refractivity contribution in [2.75, 3.05) is 19.7 Å². The maximum Gasteiger partial charge on any atom is 0.490 e. The van der Waals surface area contributed by atoms with Gasteiger partial charge in [-0.2, -0.15) is 13.2 Å². The van der Waals surface area contributed by atoms with E-state index in [1.165, 1.54) is 21.9 Å². The van der Waals surface area contributed by atoms with Crippen molar-refractivity contribution in [3.63, 3.8) is 0 Å². The second kappa shape index (κ2) is 15.0. The largest absolute Gasteiger partial charge is 0.490 e. The fraction of sp³-hybridized carbons (Fsp3) is 0.273. The van der Waals surface area contributed by atoms with Crippen LogP contribution in [0.5, 0.6) is 0 Å². The molecule has 1 fully saturated rings. The number of piperidine rings is 1. The molecule has 5 rings (SSSR count). The molecule has 2 unspecified atom stereocenters. The van der Waals surface area contributed by atoms with Crippen LogP contribution in [-0.4, -0.2) is 49.0 Å². The lowest BCUT2D eigenvalue weighted by Crippen LogP contribution is -2.40. The van der Waals surface area contributed by atoms with Gasteiger partial charge in [-0.3, -0.25) is 0 Å². The second-order valence-corrected chi connectivity index (χ2v) is 10.4. The first-order chi connectivity index (χ1) is 20.6. The third-order valence-corrected chi connectivity index (χ3v) is 7.40. The van der Waals surface area contributed by atoms with Gasteiger partial charge in [0.15, 0.2) is 0 Å². The lowest BCUT2D eigenvalue weighted by molar-refractivity contribution is -0.192. The van der Waals surface area contributed by atoms with Gasteiger partial charge in [-0.05, 0) is 58.6 Å². The molecule has 43 heavy (non-hydrogen) atoms. The molecule has 0 spiro atoms. The van der Waals surface area contributed by atoms with Gasteiger partial charge in [0.2, 0.25) is 0 Å². The summed E-state index contributed by atoms with van der Waals surface area (Å²) in [4.78, 5) is 21.2. The summed E-state index contributed by atoms with van der Waals surface area (Å²) in [6.07, 6.45) is -3.27. The average molecular weight is 614 g/mol. The van der Waals surface area contributed by atoms with Crippen molar-refractivity contribution in [3.05, 3.63) is 118 Å². The second-order valence-electron chi connectivity index (χ2n) is 10.0. The van der Waals surface area contributed by atoms with E-state index in [0.29, 0.717) is 36.1 Å². The molecule has 4 aromatic carbocycles. The normalized spacial score (nSPS) is 16.7. The molecule has 0 radical (unpaired) electrons. The number of alkyl halides is 3. The van der Waals surface area contributed by atoms with E-state index in [-0.39, 0.29) is 6.10 Å². The number of ether oxygens (including phenoxy) is 2. The summed E-state index contributed by atoms with van der Waals surface area (Å²) in [7, 11) is 0. The highest BCUT2D eigenvalue weighted by Gasteiger charge is 2.38. The average Bonchev–Trinajstić information content (AvgIpc) is 3.00. The molecule has 6 nitrogen and oxygen atoms in total. The van der Waals surface area contributed by atoms with E-state index < -0.39 is 18.1 Å². The molecule has 1 aliphatic rings. The van der Waals surface area contributed by atoms with E-state index >= 15 is 0 Å². The fourth-order valence-corrected chi connectivity index (χ4v) is 5.03. The van der Waals surface area contributed by atoms with Crippen LogP contribution < -0.4 is 5.32 Å². The zero-order valence-electron chi connectivity index (χ0n) is 23.1. The first-order valence-electron chi connectivity index (χ1n) is 13.7. The minimum Gasteiger partial charge on any atom is -0.475 e. The summed E-state index contributed by atoms with van der Waals surface area (Å²) in [6, 6.07) is 30.5. The Morgan fingerprint density at radius 1 is 0.907 bits per heavy atom. The monoisotopic (exact) mass is 613 g/mol. The van der Waals surface area contributed by atoms with Crippen molar-refractivity contribution in [2.45, 2.75) is 37.6 Å². The summed E-state index contributed by atoms with van der Waals surface area (Å²) < 4.78 is 43.6. The summed E-state index contributed by atoms with van der Waals surface area (Å²) in [6.45, 7) is 2.75. The zero-order chi connectivity index (χ0) is 30.8. The van der Waals surface area contributed by atoms with E-state index in [0.717, 1.165) is 25.1 Å². The van der Waals surface area contributed by atoms with Crippen LogP contribution in [-0.2, 0) is 27.3 Å². The zero-order valence-corrected chi connectivity index (χ0v) is 23.9. The molecule has 2 N–H and O–H groups in total. The minimum atomic E-state index is -5.08. The summed E-state index contributed by atoms with van der Waals surface area (Å²) >= 11 is 6.08. The Kier molecular flexibility index (Phi) is 11.2. The van der Waals surface area contributed by atoms with E-state index in [1.54, 1.807) is 24.3 Å². The van der Waals surface area contributed by atoms with Crippen LogP contribution in [0.3, 0.4) is 0 Å². The van der Waals surface area contributed by atoms with Crippen LogP contribution >= 0.6 is 11.6 Å². The summed E-state index contributed by atoms with van der Waals surface area (Å²) in [5, 5.41) is 13.5. The number of hydrogen-bond donors (Lipinski definition) is 2. The van der Waals surface area contributed by atoms with Crippen molar-refractivity contribution < 1.29 is 37.3 Å². The number of carboxylic acids is 1. The van der Waals surface area contributed by atoms with Gasteiger partial charge in [0, 0.05) is 18.9 Å². The third-order valence-electron chi connectivity index (χ3n) is 7.07. The molecule has 0 amide bonds. The van der Waals surface area contributed by atoms with Gasteiger partial charge in [-0.25, -0.2) is 9.59 Å². The number of nitrogens with one attached hydrogen (secondary N) is 1. The van der Waals surface area contributed by atoms with Crippen molar-refractivity contribution in [1.29, 1.82) is 0 Å². The van der Waals surface area contributed by atoms with Gasteiger partial charge < -0.3 is 19.9 Å². The van der Waals surface area contributed by atoms with Gasteiger partial charge in [0.25, 0.3) is 0 Å². The van der Waals surface area contributed by atoms with Crippen molar-refractivity contribution in [1.82, 2.24) is 5.32 Å². The van der Waals surface area contributed by atoms with Gasteiger partial charge in [0.05, 0.1) is 29.9 Å². The van der Waals surface area contributed by atoms with Gasteiger partial charge in [-0.15, -0.1) is 0 Å². The van der Waals surface area contributed by atoms with Gasteiger partial charge in [-0.1, -0.05) is 84.4 Å². The Balaban J connectivity index is 0.000000541. The number of benzene rings is 4. The standard InChI is InChI=1S/C31H30ClNO3.C2HF3O2/c32-29-8-4-3-7-28(29)31(34)35-18-16-22-9-13-25(14-10-22)27-15-17-33-20-30(27)36-21-23-11-12-24-5-1-2-6-26(24)19-23;3-2(4,5)1(6)7/h1-14,19,27,30,33H,15-18,20-21H2;(H,6,7). The first kappa shape index (κ1) is 32.0. The van der Waals surface area contributed by atoms with E-state index in [2.05, 4.69) is 72.0 Å². The highest BCUT2D eigenvalue weighted by Crippen LogP contribution is 2.29. The third kappa shape index (κ3) is 9.28. The number of halogens is 4. The molecular formula is C33H31ClF3NO5. The van der Waals surface area contributed by atoms with Crippen LogP contribution in [0.25, 0.3) is 10.8 Å². The molecule has 0 bridgehead atoms. The van der Waals surface area contributed by atoms with Crippen LogP contribution in [0.1, 0.15) is 39.4 Å². The number of aliphatic carboxylic acids is 1. The number of hydrogen-bond acceptors (Lipinski definition) is 5. The van der Waals surface area contributed by atoms with Crippen molar-refractivity contribution >= 4 is 34.3 Å². The number of rotatable bonds is 8. The molecule has 0 aromatic heterocycles. The van der Waals surface area contributed by atoms with E-state index in [9.17, 15) is 18.0 Å². The number of esters is 1. The Morgan fingerprint density at radius 2 is 1.56 bits per heavy atom. The van der Waals surface area contributed by atoms with Crippen molar-refractivity contribution in [3.8, 4) is 0 Å². The Bertz CT molecular complexity index is 1530. The molecular weight excluding hydrogens is 583 g/mol. The molecule has 1 aliphatic heterocycles. The van der Waals surface area contributed by atoms with Crippen LogP contribution in [0.15, 0.2) is 91.0 Å². The van der Waals surface area contributed by atoms with Crippen LogP contribution in [0.2, 0.25) is 5.02 Å². The van der Waals surface area contributed by atoms with E-state index in [4.69, 9.17) is 31.0 Å².